The summed E-state index contributed by atoms with van der Waals surface area (Å²) in [5, 5.41) is 11.3. The SMILES string of the molecule is O=C(Nc1cncc(-c2cnc3[nH]nc(-c4nc5c(-c6ccoc6)nccc5[nH]4)c3c2)c1)C1CCCC1. The average Bonchev–Trinajstić information content (AvgIpc) is 3.74. The second-order valence-electron chi connectivity index (χ2n) is 9.28. The molecule has 6 aromatic rings. The molecule has 37 heavy (non-hydrogen) atoms. The van der Waals surface area contributed by atoms with E-state index in [1.54, 1.807) is 37.3 Å². The van der Waals surface area contributed by atoms with Crippen LogP contribution < -0.4 is 5.32 Å². The van der Waals surface area contributed by atoms with Crippen molar-refractivity contribution < 1.29 is 9.21 Å². The number of anilines is 1. The van der Waals surface area contributed by atoms with Crippen LogP contribution in [-0.2, 0) is 4.79 Å². The highest BCUT2D eigenvalue weighted by atomic mass is 16.3. The monoisotopic (exact) mass is 490 g/mol. The van der Waals surface area contributed by atoms with Crippen LogP contribution in [0.3, 0.4) is 0 Å². The average molecular weight is 491 g/mol. The standard InChI is InChI=1S/C27H22N8O2/c36-27(15-3-1-2-4-15)31-19-9-17(11-28-13-19)18-10-20-23(34-35-25(20)30-12-18)26-32-21-5-7-29-22(24(21)33-26)16-6-8-37-14-16/h5-15H,1-4H2,(H,31,36)(H,32,33)(H,30,34,35). The van der Waals surface area contributed by atoms with Gasteiger partial charge in [-0.1, -0.05) is 12.8 Å². The van der Waals surface area contributed by atoms with Crippen LogP contribution in [0.15, 0.2) is 66.0 Å². The molecule has 6 heterocycles. The van der Waals surface area contributed by atoms with Crippen LogP contribution in [0.25, 0.3) is 56.0 Å². The Morgan fingerprint density at radius 3 is 2.76 bits per heavy atom. The summed E-state index contributed by atoms with van der Waals surface area (Å²) in [6, 6.07) is 7.66. The lowest BCUT2D eigenvalue weighted by atomic mass is 10.1. The van der Waals surface area contributed by atoms with Crippen LogP contribution in [-0.4, -0.2) is 41.0 Å². The van der Waals surface area contributed by atoms with E-state index in [1.807, 2.05) is 24.3 Å². The quantitative estimate of drug-likeness (QED) is 0.296. The van der Waals surface area contributed by atoms with E-state index in [-0.39, 0.29) is 11.8 Å². The number of hydrogen-bond acceptors (Lipinski definition) is 7. The summed E-state index contributed by atoms with van der Waals surface area (Å²) in [5.74, 6) is 0.758. The number of furan rings is 1. The third kappa shape index (κ3) is 3.83. The summed E-state index contributed by atoms with van der Waals surface area (Å²) in [4.78, 5) is 34.2. The molecule has 0 radical (unpaired) electrons. The number of aromatic amines is 2. The van der Waals surface area contributed by atoms with Crippen molar-refractivity contribution >= 4 is 33.7 Å². The zero-order valence-corrected chi connectivity index (χ0v) is 19.7. The third-order valence-corrected chi connectivity index (χ3v) is 6.90. The highest BCUT2D eigenvalue weighted by Crippen LogP contribution is 2.32. The van der Waals surface area contributed by atoms with Crippen molar-refractivity contribution in [3.8, 4) is 33.9 Å². The predicted molar refractivity (Wildman–Crippen MR) is 138 cm³/mol. The van der Waals surface area contributed by atoms with Gasteiger partial charge in [-0.3, -0.25) is 19.9 Å². The number of nitrogens with zero attached hydrogens (tertiary/aromatic N) is 5. The molecule has 0 saturated heterocycles. The summed E-state index contributed by atoms with van der Waals surface area (Å²) in [6.45, 7) is 0. The molecule has 0 aromatic carbocycles. The number of hydrogen-bond donors (Lipinski definition) is 3. The summed E-state index contributed by atoms with van der Waals surface area (Å²) in [5.41, 5.74) is 6.84. The van der Waals surface area contributed by atoms with Gasteiger partial charge in [0, 0.05) is 41.2 Å². The lowest BCUT2D eigenvalue weighted by Gasteiger charge is -2.11. The van der Waals surface area contributed by atoms with Crippen LogP contribution in [0.5, 0.6) is 0 Å². The second-order valence-corrected chi connectivity index (χ2v) is 9.28. The van der Waals surface area contributed by atoms with Crippen molar-refractivity contribution in [2.24, 2.45) is 5.92 Å². The lowest BCUT2D eigenvalue weighted by Crippen LogP contribution is -2.20. The van der Waals surface area contributed by atoms with E-state index in [9.17, 15) is 4.79 Å². The molecule has 0 atom stereocenters. The fourth-order valence-electron chi connectivity index (χ4n) is 5.00. The summed E-state index contributed by atoms with van der Waals surface area (Å²) in [7, 11) is 0. The highest BCUT2D eigenvalue weighted by Gasteiger charge is 2.23. The number of pyridine rings is 3. The maximum absolute atomic E-state index is 12.6. The number of aromatic nitrogens is 7. The minimum Gasteiger partial charge on any atom is -0.472 e. The Labute approximate surface area is 210 Å². The van der Waals surface area contributed by atoms with E-state index in [2.05, 4.69) is 35.5 Å². The number of rotatable bonds is 5. The van der Waals surface area contributed by atoms with E-state index < -0.39 is 0 Å². The number of nitrogens with one attached hydrogen (secondary N) is 3. The number of carbonyl (C=O) groups is 1. The Morgan fingerprint density at radius 1 is 1.00 bits per heavy atom. The van der Waals surface area contributed by atoms with Crippen LogP contribution in [0.4, 0.5) is 5.69 Å². The van der Waals surface area contributed by atoms with Crippen molar-refractivity contribution in [1.82, 2.24) is 35.1 Å². The third-order valence-electron chi connectivity index (χ3n) is 6.90. The number of H-pyrrole nitrogens is 2. The van der Waals surface area contributed by atoms with Gasteiger partial charge < -0.3 is 14.7 Å². The molecule has 0 spiro atoms. The fourth-order valence-corrected chi connectivity index (χ4v) is 5.00. The van der Waals surface area contributed by atoms with Crippen LogP contribution in [0.2, 0.25) is 0 Å². The molecule has 1 amide bonds. The number of carbonyl (C=O) groups excluding carboxylic acids is 1. The fraction of sp³-hybridized carbons (Fsp3) is 0.185. The molecule has 6 aromatic heterocycles. The number of fused-ring (bicyclic) bond motifs is 2. The first kappa shape index (κ1) is 21.4. The normalized spacial score (nSPS) is 14.1. The van der Waals surface area contributed by atoms with Gasteiger partial charge in [0.05, 0.1) is 35.3 Å². The Hall–Kier alpha value is -4.86. The van der Waals surface area contributed by atoms with Gasteiger partial charge in [-0.2, -0.15) is 5.10 Å². The predicted octanol–water partition coefficient (Wildman–Crippen LogP) is 5.35. The molecule has 182 valence electrons. The highest BCUT2D eigenvalue weighted by molar-refractivity contribution is 5.96. The summed E-state index contributed by atoms with van der Waals surface area (Å²) >= 11 is 0. The van der Waals surface area contributed by atoms with Crippen molar-refractivity contribution in [2.75, 3.05) is 5.32 Å². The Kier molecular flexibility index (Phi) is 5.02. The molecule has 0 bridgehead atoms. The van der Waals surface area contributed by atoms with Crippen molar-refractivity contribution in [3.63, 3.8) is 0 Å². The molecule has 1 aliphatic carbocycles. The molecule has 10 heteroatoms. The molecular weight excluding hydrogens is 468 g/mol. The van der Waals surface area contributed by atoms with E-state index in [0.29, 0.717) is 22.9 Å². The zero-order valence-electron chi connectivity index (χ0n) is 19.7. The van der Waals surface area contributed by atoms with Gasteiger partial charge in [0.15, 0.2) is 11.5 Å². The molecular formula is C27H22N8O2. The minimum atomic E-state index is 0.0660. The van der Waals surface area contributed by atoms with Gasteiger partial charge >= 0.3 is 0 Å². The van der Waals surface area contributed by atoms with Gasteiger partial charge in [0.1, 0.15) is 16.9 Å². The van der Waals surface area contributed by atoms with E-state index >= 15 is 0 Å². The minimum absolute atomic E-state index is 0.0660. The van der Waals surface area contributed by atoms with Crippen molar-refractivity contribution in [3.05, 3.63) is 61.6 Å². The molecule has 0 aliphatic heterocycles. The first-order valence-electron chi connectivity index (χ1n) is 12.2. The number of amides is 1. The van der Waals surface area contributed by atoms with Crippen LogP contribution >= 0.6 is 0 Å². The van der Waals surface area contributed by atoms with Crippen molar-refractivity contribution in [1.29, 1.82) is 0 Å². The van der Waals surface area contributed by atoms with E-state index in [4.69, 9.17) is 9.40 Å². The maximum atomic E-state index is 12.6. The van der Waals surface area contributed by atoms with Gasteiger partial charge in [0.2, 0.25) is 5.91 Å². The molecule has 1 aliphatic rings. The number of imidazole rings is 1. The van der Waals surface area contributed by atoms with Crippen molar-refractivity contribution in [2.45, 2.75) is 25.7 Å². The second kappa shape index (κ2) is 8.66. The van der Waals surface area contributed by atoms with Gasteiger partial charge in [0.25, 0.3) is 0 Å². The molecule has 0 unspecified atom stereocenters. The first-order valence-corrected chi connectivity index (χ1v) is 12.2. The molecule has 7 rings (SSSR count). The maximum Gasteiger partial charge on any atom is 0.227 e. The largest absolute Gasteiger partial charge is 0.472 e. The zero-order chi connectivity index (χ0) is 24.8. The smallest absolute Gasteiger partial charge is 0.227 e. The van der Waals surface area contributed by atoms with E-state index in [0.717, 1.165) is 64.5 Å². The van der Waals surface area contributed by atoms with Gasteiger partial charge in [-0.05, 0) is 37.1 Å². The lowest BCUT2D eigenvalue weighted by molar-refractivity contribution is -0.119. The Morgan fingerprint density at radius 2 is 1.89 bits per heavy atom. The van der Waals surface area contributed by atoms with E-state index in [1.165, 1.54) is 0 Å². The molecule has 1 saturated carbocycles. The first-order chi connectivity index (χ1) is 18.2. The van der Waals surface area contributed by atoms with Crippen LogP contribution in [0.1, 0.15) is 25.7 Å². The Bertz CT molecular complexity index is 1750. The van der Waals surface area contributed by atoms with Crippen LogP contribution in [0, 0.1) is 5.92 Å². The molecule has 1 fully saturated rings. The van der Waals surface area contributed by atoms with Gasteiger partial charge in [-0.15, -0.1) is 0 Å². The molecule has 3 N–H and O–H groups in total. The summed E-state index contributed by atoms with van der Waals surface area (Å²) in [6.07, 6.45) is 14.3. The summed E-state index contributed by atoms with van der Waals surface area (Å²) < 4.78 is 5.23. The Balaban J connectivity index is 1.25. The topological polar surface area (TPSA) is 138 Å². The molecule has 10 nitrogen and oxygen atoms in total. The van der Waals surface area contributed by atoms with Gasteiger partial charge in [-0.25, -0.2) is 9.97 Å².